The third-order valence-electron chi connectivity index (χ3n) is 5.88. The molecule has 3 aliphatic rings. The van der Waals surface area contributed by atoms with Gasteiger partial charge in [0.15, 0.2) is 5.78 Å². The van der Waals surface area contributed by atoms with Gasteiger partial charge in [0.05, 0.1) is 12.0 Å². The van der Waals surface area contributed by atoms with Crippen molar-refractivity contribution in [1.29, 1.82) is 0 Å². The van der Waals surface area contributed by atoms with E-state index < -0.39 is 16.4 Å². The smallest absolute Gasteiger partial charge is 0.223 e. The Morgan fingerprint density at radius 2 is 2.24 bits per heavy atom. The minimum absolute atomic E-state index is 0.0188. The van der Waals surface area contributed by atoms with Gasteiger partial charge in [-0.25, -0.2) is 0 Å². The van der Waals surface area contributed by atoms with E-state index in [2.05, 4.69) is 5.32 Å². The van der Waals surface area contributed by atoms with Crippen LogP contribution in [0.5, 0.6) is 5.75 Å². The number of benzene rings is 1. The van der Waals surface area contributed by atoms with Crippen molar-refractivity contribution in [3.8, 4) is 5.75 Å². The summed E-state index contributed by atoms with van der Waals surface area (Å²) in [6, 6.07) is 5.73. The standard InChI is InChI=1S/C19H23NO4S/c1-11-3-4-15-13(9-11)14(21)10-19(24-15)6-5-12-16(17(12)19)18(22)20-7-8-25(2)23/h3-4,9,12,16-17H,5-8,10H2,1-2H3,(H,20,22)/t12-,16+,17-,19+,25+/m1/s1. The van der Waals surface area contributed by atoms with Gasteiger partial charge in [0.1, 0.15) is 11.4 Å². The Balaban J connectivity index is 1.49. The van der Waals surface area contributed by atoms with Crippen LogP contribution < -0.4 is 10.1 Å². The van der Waals surface area contributed by atoms with Crippen molar-refractivity contribution in [2.75, 3.05) is 18.6 Å². The molecule has 0 bridgehead atoms. The largest absolute Gasteiger partial charge is 0.486 e. The lowest BCUT2D eigenvalue weighted by atomic mass is 9.84. The summed E-state index contributed by atoms with van der Waals surface area (Å²) in [5.74, 6) is 1.64. The highest BCUT2D eigenvalue weighted by atomic mass is 32.2. The van der Waals surface area contributed by atoms with Crippen molar-refractivity contribution in [2.45, 2.75) is 31.8 Å². The highest BCUT2D eigenvalue weighted by Crippen LogP contribution is 2.65. The lowest BCUT2D eigenvalue weighted by molar-refractivity contribution is -0.124. The molecule has 25 heavy (non-hydrogen) atoms. The van der Waals surface area contributed by atoms with Crippen LogP contribution in [0.3, 0.4) is 0 Å². The van der Waals surface area contributed by atoms with Gasteiger partial charge in [-0.15, -0.1) is 0 Å². The molecule has 5 atom stereocenters. The van der Waals surface area contributed by atoms with Gasteiger partial charge in [-0.05, 0) is 37.8 Å². The van der Waals surface area contributed by atoms with Gasteiger partial charge in [0, 0.05) is 41.2 Å². The normalized spacial score (nSPS) is 33.4. The van der Waals surface area contributed by atoms with Crippen molar-refractivity contribution in [3.05, 3.63) is 29.3 Å². The van der Waals surface area contributed by atoms with Gasteiger partial charge >= 0.3 is 0 Å². The average Bonchev–Trinajstić information content (AvgIpc) is 3.20. The lowest BCUT2D eigenvalue weighted by Crippen LogP contribution is -2.44. The molecule has 1 aliphatic heterocycles. The Morgan fingerprint density at radius 3 is 3.00 bits per heavy atom. The van der Waals surface area contributed by atoms with Gasteiger partial charge in [0.25, 0.3) is 0 Å². The van der Waals surface area contributed by atoms with Gasteiger partial charge in [-0.3, -0.25) is 13.8 Å². The maximum atomic E-state index is 12.7. The Kier molecular flexibility index (Phi) is 3.98. The van der Waals surface area contributed by atoms with Crippen molar-refractivity contribution < 1.29 is 18.5 Å². The van der Waals surface area contributed by atoms with Crippen LogP contribution in [0.4, 0.5) is 0 Å². The van der Waals surface area contributed by atoms with E-state index in [9.17, 15) is 13.8 Å². The van der Waals surface area contributed by atoms with E-state index in [1.165, 1.54) is 0 Å². The van der Waals surface area contributed by atoms with Crippen LogP contribution in [0.2, 0.25) is 0 Å². The van der Waals surface area contributed by atoms with Crippen molar-refractivity contribution in [1.82, 2.24) is 5.32 Å². The van der Waals surface area contributed by atoms with Crippen molar-refractivity contribution in [2.24, 2.45) is 17.8 Å². The third kappa shape index (κ3) is 2.80. The van der Waals surface area contributed by atoms with Crippen LogP contribution in [0.25, 0.3) is 0 Å². The van der Waals surface area contributed by atoms with Crippen LogP contribution in [0.15, 0.2) is 18.2 Å². The van der Waals surface area contributed by atoms with E-state index in [-0.39, 0.29) is 23.5 Å². The number of carbonyl (C=O) groups is 2. The molecule has 0 aromatic heterocycles. The topological polar surface area (TPSA) is 72.5 Å². The second kappa shape index (κ2) is 5.94. The lowest BCUT2D eigenvalue weighted by Gasteiger charge is -2.37. The number of Topliss-reactive ketones (excluding diaryl/α,β-unsaturated/α-hetero) is 1. The molecule has 2 fully saturated rings. The average molecular weight is 361 g/mol. The molecular formula is C19H23NO4S. The Labute approximate surface area is 150 Å². The maximum absolute atomic E-state index is 12.7. The minimum Gasteiger partial charge on any atom is -0.486 e. The van der Waals surface area contributed by atoms with Crippen LogP contribution >= 0.6 is 0 Å². The monoisotopic (exact) mass is 361 g/mol. The van der Waals surface area contributed by atoms with Gasteiger partial charge in [0.2, 0.25) is 5.91 Å². The van der Waals surface area contributed by atoms with E-state index in [0.29, 0.717) is 35.9 Å². The molecule has 1 aromatic rings. The summed E-state index contributed by atoms with van der Waals surface area (Å²) in [4.78, 5) is 25.1. The SMILES string of the molecule is Cc1ccc2c(c1)C(=O)C[C@]1(CC[C@@H]3[C@H](C(=O)NCC[S@](C)=O)[C@@H]31)O2. The molecule has 1 spiro atoms. The fourth-order valence-corrected chi connectivity index (χ4v) is 5.11. The molecule has 6 heteroatoms. The molecule has 0 radical (unpaired) electrons. The molecule has 1 N–H and O–H groups in total. The summed E-state index contributed by atoms with van der Waals surface area (Å²) in [6.45, 7) is 2.40. The molecular weight excluding hydrogens is 338 g/mol. The minimum atomic E-state index is -0.907. The number of ether oxygens (including phenoxy) is 1. The van der Waals surface area contributed by atoms with E-state index in [0.717, 1.165) is 18.4 Å². The van der Waals surface area contributed by atoms with Gasteiger partial charge in [-0.2, -0.15) is 0 Å². The summed E-state index contributed by atoms with van der Waals surface area (Å²) in [5.41, 5.74) is 1.20. The van der Waals surface area contributed by atoms with Gasteiger partial charge in [-0.1, -0.05) is 11.6 Å². The Hall–Kier alpha value is -1.69. The molecule has 2 aliphatic carbocycles. The van der Waals surface area contributed by atoms with Crippen LogP contribution in [-0.2, 0) is 15.6 Å². The molecule has 134 valence electrons. The second-order valence-corrected chi connectivity index (χ2v) is 9.14. The molecule has 0 unspecified atom stereocenters. The molecule has 5 nitrogen and oxygen atoms in total. The zero-order valence-corrected chi connectivity index (χ0v) is 15.4. The van der Waals surface area contributed by atoms with Gasteiger partial charge < -0.3 is 10.1 Å². The number of hydrogen-bond donors (Lipinski definition) is 1. The number of carbonyl (C=O) groups excluding carboxylic acids is 2. The van der Waals surface area contributed by atoms with E-state index in [1.807, 2.05) is 25.1 Å². The summed E-state index contributed by atoms with van der Waals surface area (Å²) in [5, 5.41) is 2.89. The fraction of sp³-hybridized carbons (Fsp3) is 0.579. The van der Waals surface area contributed by atoms with Crippen LogP contribution in [-0.4, -0.2) is 40.1 Å². The molecule has 1 aromatic carbocycles. The Morgan fingerprint density at radius 1 is 1.44 bits per heavy atom. The van der Waals surface area contributed by atoms with E-state index >= 15 is 0 Å². The number of fused-ring (bicyclic) bond motifs is 3. The maximum Gasteiger partial charge on any atom is 0.223 e. The highest BCUT2D eigenvalue weighted by molar-refractivity contribution is 7.84. The summed E-state index contributed by atoms with van der Waals surface area (Å²) < 4.78 is 17.5. The zero-order chi connectivity index (χ0) is 17.8. The summed E-state index contributed by atoms with van der Waals surface area (Å²) in [7, 11) is -0.907. The summed E-state index contributed by atoms with van der Waals surface area (Å²) in [6.07, 6.45) is 3.77. The van der Waals surface area contributed by atoms with E-state index in [1.54, 1.807) is 6.26 Å². The molecule has 0 saturated heterocycles. The first-order valence-corrected chi connectivity index (χ1v) is 10.5. The first-order chi connectivity index (χ1) is 11.9. The molecule has 2 saturated carbocycles. The number of hydrogen-bond acceptors (Lipinski definition) is 4. The predicted octanol–water partition coefficient (Wildman–Crippen LogP) is 1.85. The van der Waals surface area contributed by atoms with E-state index in [4.69, 9.17) is 4.74 Å². The fourth-order valence-electron chi connectivity index (χ4n) is 4.72. The predicted molar refractivity (Wildman–Crippen MR) is 95.1 cm³/mol. The summed E-state index contributed by atoms with van der Waals surface area (Å²) >= 11 is 0. The number of ketones is 1. The Bertz CT molecular complexity index is 777. The molecule has 1 amide bonds. The third-order valence-corrected chi connectivity index (χ3v) is 6.66. The van der Waals surface area contributed by atoms with Crippen LogP contribution in [0.1, 0.15) is 35.2 Å². The molecule has 1 heterocycles. The van der Waals surface area contributed by atoms with Crippen molar-refractivity contribution in [3.63, 3.8) is 0 Å². The highest BCUT2D eigenvalue weighted by Gasteiger charge is 2.70. The number of nitrogens with one attached hydrogen (secondary N) is 1. The zero-order valence-electron chi connectivity index (χ0n) is 14.5. The number of aryl methyl sites for hydroxylation is 1. The second-order valence-electron chi connectivity index (χ2n) is 7.59. The van der Waals surface area contributed by atoms with Crippen molar-refractivity contribution >= 4 is 22.5 Å². The first-order valence-electron chi connectivity index (χ1n) is 8.82. The number of rotatable bonds is 4. The quantitative estimate of drug-likeness (QED) is 0.888. The van der Waals surface area contributed by atoms with Crippen LogP contribution in [0, 0.1) is 24.7 Å². The number of amides is 1. The molecule has 4 rings (SSSR count). The first kappa shape index (κ1) is 16.8.